The highest BCUT2D eigenvalue weighted by atomic mass is 32.2. The third kappa shape index (κ3) is 3.32. The SMILES string of the molecule is CSc1nc(-c2ccc(-c3ccc(C)c(F)c3)cc2)c(C#N)c(=O)[nH]1. The molecule has 0 atom stereocenters. The Balaban J connectivity index is 2.06. The van der Waals surface area contributed by atoms with Crippen molar-refractivity contribution in [3.63, 3.8) is 0 Å². The van der Waals surface area contributed by atoms with Gasteiger partial charge in [-0.25, -0.2) is 9.37 Å². The van der Waals surface area contributed by atoms with E-state index in [1.807, 2.05) is 24.3 Å². The molecule has 6 heteroatoms. The van der Waals surface area contributed by atoms with E-state index in [-0.39, 0.29) is 11.4 Å². The van der Waals surface area contributed by atoms with Gasteiger partial charge in [0.05, 0.1) is 5.69 Å². The fourth-order valence-electron chi connectivity index (χ4n) is 2.45. The fraction of sp³-hybridized carbons (Fsp3) is 0.105. The van der Waals surface area contributed by atoms with E-state index in [1.54, 1.807) is 31.4 Å². The average molecular weight is 351 g/mol. The molecule has 0 radical (unpaired) electrons. The highest BCUT2D eigenvalue weighted by Crippen LogP contribution is 2.26. The number of hydrogen-bond donors (Lipinski definition) is 1. The van der Waals surface area contributed by atoms with Gasteiger partial charge in [0.1, 0.15) is 17.4 Å². The number of H-pyrrole nitrogens is 1. The van der Waals surface area contributed by atoms with Crippen LogP contribution in [-0.4, -0.2) is 16.2 Å². The summed E-state index contributed by atoms with van der Waals surface area (Å²) in [4.78, 5) is 18.9. The second-order valence-electron chi connectivity index (χ2n) is 5.45. The van der Waals surface area contributed by atoms with Crippen molar-refractivity contribution >= 4 is 11.8 Å². The maximum absolute atomic E-state index is 13.7. The van der Waals surface area contributed by atoms with Crippen molar-refractivity contribution in [2.24, 2.45) is 0 Å². The third-order valence-electron chi connectivity index (χ3n) is 3.87. The molecule has 0 fully saturated rings. The van der Waals surface area contributed by atoms with Gasteiger partial charge < -0.3 is 4.98 Å². The zero-order valence-corrected chi connectivity index (χ0v) is 14.4. The second-order valence-corrected chi connectivity index (χ2v) is 6.25. The van der Waals surface area contributed by atoms with Crippen LogP contribution in [0.5, 0.6) is 0 Å². The summed E-state index contributed by atoms with van der Waals surface area (Å²) in [5.74, 6) is -0.255. The first kappa shape index (κ1) is 16.9. The maximum Gasteiger partial charge on any atom is 0.270 e. The van der Waals surface area contributed by atoms with E-state index in [1.165, 1.54) is 17.8 Å². The largest absolute Gasteiger partial charge is 0.300 e. The van der Waals surface area contributed by atoms with Gasteiger partial charge in [0.2, 0.25) is 0 Å². The number of hydrogen-bond acceptors (Lipinski definition) is 4. The molecule has 0 unspecified atom stereocenters. The molecule has 1 heterocycles. The molecular weight excluding hydrogens is 337 g/mol. The Morgan fingerprint density at radius 1 is 1.12 bits per heavy atom. The van der Waals surface area contributed by atoms with Gasteiger partial charge in [-0.2, -0.15) is 5.26 Å². The average Bonchev–Trinajstić information content (AvgIpc) is 2.63. The van der Waals surface area contributed by atoms with Crippen LogP contribution >= 0.6 is 11.8 Å². The van der Waals surface area contributed by atoms with Gasteiger partial charge in [0, 0.05) is 5.56 Å². The monoisotopic (exact) mass is 351 g/mol. The van der Waals surface area contributed by atoms with Gasteiger partial charge in [-0.1, -0.05) is 48.2 Å². The van der Waals surface area contributed by atoms with Crippen LogP contribution in [0.3, 0.4) is 0 Å². The standard InChI is InChI=1S/C19H14FN3OS/c1-11-3-4-14(9-16(11)20)12-5-7-13(8-6-12)17-15(10-21)18(24)23-19(22-17)25-2/h3-9H,1-2H3,(H,22,23,24). The van der Waals surface area contributed by atoms with E-state index in [4.69, 9.17) is 0 Å². The first-order valence-electron chi connectivity index (χ1n) is 7.49. The summed E-state index contributed by atoms with van der Waals surface area (Å²) < 4.78 is 13.7. The summed E-state index contributed by atoms with van der Waals surface area (Å²) in [7, 11) is 0. The summed E-state index contributed by atoms with van der Waals surface area (Å²) in [5, 5.41) is 9.70. The summed E-state index contributed by atoms with van der Waals surface area (Å²) >= 11 is 1.30. The molecule has 0 bridgehead atoms. The second kappa shape index (κ2) is 6.91. The Morgan fingerprint density at radius 2 is 1.76 bits per heavy atom. The zero-order chi connectivity index (χ0) is 18.0. The van der Waals surface area contributed by atoms with Crippen LogP contribution in [-0.2, 0) is 0 Å². The van der Waals surface area contributed by atoms with E-state index in [2.05, 4.69) is 9.97 Å². The summed E-state index contributed by atoms with van der Waals surface area (Å²) in [6, 6.07) is 14.2. The van der Waals surface area contributed by atoms with Gasteiger partial charge in [-0.3, -0.25) is 4.79 Å². The van der Waals surface area contributed by atoms with Gasteiger partial charge in [0.25, 0.3) is 5.56 Å². The number of thioether (sulfide) groups is 1. The number of benzene rings is 2. The van der Waals surface area contributed by atoms with Crippen LogP contribution in [0.2, 0.25) is 0 Å². The van der Waals surface area contributed by atoms with Crippen molar-refractivity contribution in [3.05, 3.63) is 69.8 Å². The number of aryl methyl sites for hydroxylation is 1. The predicted molar refractivity (Wildman–Crippen MR) is 96.9 cm³/mol. The van der Waals surface area contributed by atoms with E-state index in [0.717, 1.165) is 11.1 Å². The number of nitrogens with one attached hydrogen (secondary N) is 1. The third-order valence-corrected chi connectivity index (χ3v) is 4.45. The maximum atomic E-state index is 13.7. The Kier molecular flexibility index (Phi) is 4.68. The van der Waals surface area contributed by atoms with Crippen LogP contribution in [0.4, 0.5) is 4.39 Å². The first-order chi connectivity index (χ1) is 12.0. The highest BCUT2D eigenvalue weighted by Gasteiger charge is 2.13. The lowest BCUT2D eigenvalue weighted by atomic mass is 10.0. The van der Waals surface area contributed by atoms with Crippen LogP contribution < -0.4 is 5.56 Å². The molecule has 3 aromatic rings. The molecule has 0 aliphatic rings. The number of halogens is 1. The molecule has 0 saturated heterocycles. The first-order valence-corrected chi connectivity index (χ1v) is 8.71. The minimum Gasteiger partial charge on any atom is -0.300 e. The van der Waals surface area contributed by atoms with E-state index >= 15 is 0 Å². The molecule has 0 spiro atoms. The molecule has 124 valence electrons. The van der Waals surface area contributed by atoms with Gasteiger partial charge in [-0.15, -0.1) is 0 Å². The van der Waals surface area contributed by atoms with Crippen molar-refractivity contribution in [1.29, 1.82) is 5.26 Å². The van der Waals surface area contributed by atoms with Gasteiger partial charge in [0.15, 0.2) is 5.16 Å². The predicted octanol–water partition coefficient (Wildman–Crippen LogP) is 4.15. The number of nitrogens with zero attached hydrogens (tertiary/aromatic N) is 2. The molecule has 1 aromatic heterocycles. The van der Waals surface area contributed by atoms with Crippen LogP contribution in [0.25, 0.3) is 22.4 Å². The lowest BCUT2D eigenvalue weighted by molar-refractivity contribution is 0.619. The van der Waals surface area contributed by atoms with Gasteiger partial charge >= 0.3 is 0 Å². The summed E-state index contributed by atoms with van der Waals surface area (Å²) in [6.45, 7) is 1.72. The number of nitriles is 1. The van der Waals surface area contributed by atoms with E-state index in [0.29, 0.717) is 22.0 Å². The molecule has 0 aliphatic heterocycles. The lowest BCUT2D eigenvalue weighted by Crippen LogP contribution is -2.14. The molecule has 25 heavy (non-hydrogen) atoms. The highest BCUT2D eigenvalue weighted by molar-refractivity contribution is 7.98. The van der Waals surface area contributed by atoms with Crippen molar-refractivity contribution in [1.82, 2.24) is 9.97 Å². The van der Waals surface area contributed by atoms with E-state index in [9.17, 15) is 14.4 Å². The number of rotatable bonds is 3. The summed E-state index contributed by atoms with van der Waals surface area (Å²) in [5.41, 5.74) is 2.73. The quantitative estimate of drug-likeness (QED) is 0.569. The molecule has 4 nitrogen and oxygen atoms in total. The summed E-state index contributed by atoms with van der Waals surface area (Å²) in [6.07, 6.45) is 1.79. The Hall–Kier alpha value is -2.91. The Labute approximate surface area is 148 Å². The minimum atomic E-state index is -0.457. The number of aromatic nitrogens is 2. The molecule has 3 rings (SSSR count). The lowest BCUT2D eigenvalue weighted by Gasteiger charge is -2.07. The molecule has 0 amide bonds. The van der Waals surface area contributed by atoms with Gasteiger partial charge in [-0.05, 0) is 35.9 Å². The smallest absolute Gasteiger partial charge is 0.270 e. The normalized spacial score (nSPS) is 10.5. The molecular formula is C19H14FN3OS. The Bertz CT molecular complexity index is 1040. The van der Waals surface area contributed by atoms with Crippen LogP contribution in [0.1, 0.15) is 11.1 Å². The molecule has 0 saturated carbocycles. The van der Waals surface area contributed by atoms with Crippen LogP contribution in [0.15, 0.2) is 52.4 Å². The van der Waals surface area contributed by atoms with E-state index < -0.39 is 5.56 Å². The topological polar surface area (TPSA) is 69.5 Å². The number of aromatic amines is 1. The Morgan fingerprint density at radius 3 is 2.36 bits per heavy atom. The minimum absolute atomic E-state index is 0.0214. The van der Waals surface area contributed by atoms with Crippen molar-refractivity contribution in [3.8, 4) is 28.5 Å². The molecule has 1 N–H and O–H groups in total. The van der Waals surface area contributed by atoms with Crippen LogP contribution in [0, 0.1) is 24.1 Å². The van der Waals surface area contributed by atoms with Crippen molar-refractivity contribution in [2.75, 3.05) is 6.26 Å². The molecule has 0 aliphatic carbocycles. The zero-order valence-electron chi connectivity index (χ0n) is 13.6. The van der Waals surface area contributed by atoms with Crippen molar-refractivity contribution in [2.45, 2.75) is 12.1 Å². The van der Waals surface area contributed by atoms with Crippen molar-refractivity contribution < 1.29 is 4.39 Å². The molecule has 2 aromatic carbocycles. The fourth-order valence-corrected chi connectivity index (χ4v) is 2.83.